The summed E-state index contributed by atoms with van der Waals surface area (Å²) in [5, 5.41) is 19.9. The molecule has 1 aliphatic carbocycles. The van der Waals surface area contributed by atoms with Crippen molar-refractivity contribution in [3.63, 3.8) is 0 Å². The zero-order valence-corrected chi connectivity index (χ0v) is 33.8. The lowest BCUT2D eigenvalue weighted by Gasteiger charge is -2.47. The van der Waals surface area contributed by atoms with Crippen molar-refractivity contribution < 1.29 is 32.6 Å². The predicted octanol–water partition coefficient (Wildman–Crippen LogP) is 3.92. The molecule has 3 amide bonds. The Balaban J connectivity index is 1.34. The Bertz CT molecular complexity index is 1890. The fourth-order valence-electron chi connectivity index (χ4n) is 7.83. The Kier molecular flexibility index (Phi) is 13.6. The molecule has 3 unspecified atom stereocenters. The molecule has 0 bridgehead atoms. The molecule has 2 fully saturated rings. The molecular weight excluding hydrogens is 719 g/mol. The number of carbonyl (C=O) groups is 3. The standard InChI is InChI=1S/C42H59N5O7S/c1-41(2,3)44-39(50)34-24-30-18-10-11-19-31(30)25-47(34)26-35(48)33(23-28-15-8-7-9-16-28)43-40(51)38(42(4,5)55(6,52)53)46-45-37(49)27-54-36-22-14-20-29-17-12-13-21-32(29)36/h7-9,12-17,20-22,30-31,33-35,38,46,48H,10-11,18-19,23-27H2,1-6H3,(H,43,51)(H,44,50)(H,45,49)/t30-,31+,33?,34?,35?,38+/m0/s1. The lowest BCUT2D eigenvalue weighted by Crippen LogP contribution is -2.66. The smallest absolute Gasteiger partial charge is 0.272 e. The minimum atomic E-state index is -3.88. The molecule has 1 saturated heterocycles. The summed E-state index contributed by atoms with van der Waals surface area (Å²) in [6.45, 7) is 9.06. The monoisotopic (exact) mass is 777 g/mol. The Morgan fingerprint density at radius 3 is 2.25 bits per heavy atom. The summed E-state index contributed by atoms with van der Waals surface area (Å²) < 4.78 is 30.3. The highest BCUT2D eigenvalue weighted by atomic mass is 32.2. The third kappa shape index (κ3) is 11.1. The number of hydrogen-bond donors (Lipinski definition) is 5. The molecule has 0 radical (unpaired) electrons. The van der Waals surface area contributed by atoms with Crippen molar-refractivity contribution in [1.82, 2.24) is 26.4 Å². The molecule has 2 aliphatic rings. The number of benzene rings is 3. The van der Waals surface area contributed by atoms with Gasteiger partial charge < -0.3 is 20.5 Å². The first-order valence-corrected chi connectivity index (χ1v) is 21.2. The van der Waals surface area contributed by atoms with Crippen LogP contribution < -0.4 is 26.2 Å². The number of nitrogens with one attached hydrogen (secondary N) is 4. The lowest BCUT2D eigenvalue weighted by atomic mass is 9.72. The number of likely N-dealkylation sites (tertiary alicyclic amines) is 1. The molecule has 3 aromatic carbocycles. The van der Waals surface area contributed by atoms with Crippen LogP contribution >= 0.6 is 0 Å². The average Bonchev–Trinajstić information content (AvgIpc) is 3.12. The molecule has 1 saturated carbocycles. The second-order valence-corrected chi connectivity index (χ2v) is 19.5. The number of hydrazine groups is 1. The highest BCUT2D eigenvalue weighted by Crippen LogP contribution is 2.39. The summed E-state index contributed by atoms with van der Waals surface area (Å²) in [6, 6.07) is 19.7. The van der Waals surface area contributed by atoms with Crippen LogP contribution in [0.15, 0.2) is 72.8 Å². The quantitative estimate of drug-likeness (QED) is 0.144. The van der Waals surface area contributed by atoms with Gasteiger partial charge in [-0.05, 0) is 82.7 Å². The van der Waals surface area contributed by atoms with E-state index in [1.165, 1.54) is 13.8 Å². The van der Waals surface area contributed by atoms with E-state index in [1.807, 2.05) is 87.5 Å². The van der Waals surface area contributed by atoms with E-state index >= 15 is 0 Å². The predicted molar refractivity (Wildman–Crippen MR) is 215 cm³/mol. The van der Waals surface area contributed by atoms with Crippen LogP contribution in [0, 0.1) is 11.8 Å². The minimum Gasteiger partial charge on any atom is -0.483 e. The van der Waals surface area contributed by atoms with Crippen molar-refractivity contribution in [2.45, 2.75) is 108 Å². The van der Waals surface area contributed by atoms with E-state index < -0.39 is 62.8 Å². The van der Waals surface area contributed by atoms with Gasteiger partial charge in [-0.15, -0.1) is 0 Å². The number of hydrogen-bond acceptors (Lipinski definition) is 9. The van der Waals surface area contributed by atoms with Crippen LogP contribution in [0.4, 0.5) is 0 Å². The van der Waals surface area contributed by atoms with Gasteiger partial charge in [0, 0.05) is 30.3 Å². The number of β-amino-alcohol motifs (C(OH)–C–C–N with tert-alkyl or cyclic N) is 1. The first-order chi connectivity index (χ1) is 25.9. The number of aliphatic hydroxyl groups excluding tert-OH is 1. The van der Waals surface area contributed by atoms with E-state index in [9.17, 15) is 27.9 Å². The molecule has 300 valence electrons. The molecule has 6 atom stereocenters. The van der Waals surface area contributed by atoms with Crippen molar-refractivity contribution in [3.05, 3.63) is 78.4 Å². The number of nitrogens with zero attached hydrogens (tertiary/aromatic N) is 1. The van der Waals surface area contributed by atoms with Crippen LogP contribution in [0.2, 0.25) is 0 Å². The Hall–Kier alpha value is -4.04. The third-order valence-corrected chi connectivity index (χ3v) is 13.3. The molecular formula is C42H59N5O7S. The fraction of sp³-hybridized carbons (Fsp3) is 0.548. The maximum Gasteiger partial charge on any atom is 0.272 e. The van der Waals surface area contributed by atoms with E-state index in [1.54, 1.807) is 6.07 Å². The summed E-state index contributed by atoms with van der Waals surface area (Å²) in [7, 11) is -3.88. The number of rotatable bonds is 15. The number of piperidine rings is 1. The molecule has 0 spiro atoms. The van der Waals surface area contributed by atoms with Crippen molar-refractivity contribution in [1.29, 1.82) is 0 Å². The highest BCUT2D eigenvalue weighted by Gasteiger charge is 2.46. The number of fused-ring (bicyclic) bond motifs is 2. The van der Waals surface area contributed by atoms with E-state index in [-0.39, 0.29) is 18.9 Å². The Morgan fingerprint density at radius 2 is 1.56 bits per heavy atom. The van der Waals surface area contributed by atoms with E-state index in [4.69, 9.17) is 4.74 Å². The van der Waals surface area contributed by atoms with Gasteiger partial charge in [0.1, 0.15) is 11.8 Å². The molecule has 1 aliphatic heterocycles. The van der Waals surface area contributed by atoms with Gasteiger partial charge in [0.15, 0.2) is 16.4 Å². The summed E-state index contributed by atoms with van der Waals surface area (Å²) in [4.78, 5) is 43.1. The van der Waals surface area contributed by atoms with Crippen molar-refractivity contribution in [3.8, 4) is 5.75 Å². The summed E-state index contributed by atoms with van der Waals surface area (Å²) >= 11 is 0. The van der Waals surface area contributed by atoms with Crippen molar-refractivity contribution in [2.75, 3.05) is 26.0 Å². The number of aliphatic hydroxyl groups is 1. The summed E-state index contributed by atoms with van der Waals surface area (Å²) in [5.41, 5.74) is 5.60. The zero-order valence-electron chi connectivity index (χ0n) is 33.0. The van der Waals surface area contributed by atoms with Gasteiger partial charge in [-0.1, -0.05) is 86.0 Å². The molecule has 1 heterocycles. The van der Waals surface area contributed by atoms with E-state index in [0.29, 0.717) is 30.6 Å². The van der Waals surface area contributed by atoms with Gasteiger partial charge in [-0.2, -0.15) is 0 Å². The zero-order chi connectivity index (χ0) is 40.0. The molecule has 0 aromatic heterocycles. The Labute approximate surface area is 326 Å². The van der Waals surface area contributed by atoms with Crippen LogP contribution in [0.3, 0.4) is 0 Å². The van der Waals surface area contributed by atoms with Gasteiger partial charge in [0.2, 0.25) is 11.8 Å². The summed E-state index contributed by atoms with van der Waals surface area (Å²) in [6.07, 6.45) is 5.30. The number of carbonyl (C=O) groups excluding carboxylic acids is 3. The largest absolute Gasteiger partial charge is 0.483 e. The van der Waals surface area contributed by atoms with Gasteiger partial charge in [0.25, 0.3) is 5.91 Å². The summed E-state index contributed by atoms with van der Waals surface area (Å²) in [5.74, 6) is -0.0656. The van der Waals surface area contributed by atoms with Crippen molar-refractivity contribution >= 4 is 38.3 Å². The molecule has 13 heteroatoms. The molecule has 12 nitrogen and oxygen atoms in total. The fourth-order valence-corrected chi connectivity index (χ4v) is 8.43. The van der Waals surface area contributed by atoms with Gasteiger partial charge in [-0.25, -0.2) is 13.8 Å². The molecule has 5 rings (SSSR count). The van der Waals surface area contributed by atoms with Crippen molar-refractivity contribution in [2.24, 2.45) is 11.8 Å². The van der Waals surface area contributed by atoms with E-state index in [2.05, 4.69) is 26.4 Å². The third-order valence-electron chi connectivity index (χ3n) is 11.2. The van der Waals surface area contributed by atoms with Crippen LogP contribution in [-0.4, -0.2) is 96.6 Å². The van der Waals surface area contributed by atoms with Crippen LogP contribution in [-0.2, 0) is 30.6 Å². The average molecular weight is 778 g/mol. The maximum atomic E-state index is 14.3. The molecule has 5 N–H and O–H groups in total. The second-order valence-electron chi connectivity index (χ2n) is 16.9. The first kappa shape index (κ1) is 42.1. The number of ether oxygens (including phenoxy) is 1. The number of sulfone groups is 1. The topological polar surface area (TPSA) is 166 Å². The number of amides is 3. The molecule has 55 heavy (non-hydrogen) atoms. The van der Waals surface area contributed by atoms with Gasteiger partial charge >= 0.3 is 0 Å². The van der Waals surface area contributed by atoms with E-state index in [0.717, 1.165) is 48.3 Å². The first-order valence-electron chi connectivity index (χ1n) is 19.4. The van der Waals surface area contributed by atoms with Crippen LogP contribution in [0.5, 0.6) is 5.75 Å². The van der Waals surface area contributed by atoms with Crippen LogP contribution in [0.1, 0.15) is 72.3 Å². The van der Waals surface area contributed by atoms with Crippen LogP contribution in [0.25, 0.3) is 10.8 Å². The van der Waals surface area contributed by atoms with Gasteiger partial charge in [-0.3, -0.25) is 24.7 Å². The van der Waals surface area contributed by atoms with Gasteiger partial charge in [0.05, 0.1) is 22.9 Å². The normalized spacial score (nSPS) is 21.1. The lowest BCUT2D eigenvalue weighted by molar-refractivity contribution is -0.133. The molecule has 3 aromatic rings. The SMILES string of the molecule is CC(C)(C)NC(=O)C1C[C@@H]2CCCC[C@@H]2CN1CC(O)C(Cc1ccccc1)NC(=O)[C@@H](NNC(=O)COc1cccc2ccccc12)C(C)(C)S(C)(=O)=O. The highest BCUT2D eigenvalue weighted by molar-refractivity contribution is 7.92. The minimum absolute atomic E-state index is 0.0771. The maximum absolute atomic E-state index is 14.3. The second kappa shape index (κ2) is 17.8. The Morgan fingerprint density at radius 1 is 0.909 bits per heavy atom.